The Balaban J connectivity index is 1.63. The normalized spacial score (nSPS) is 16.9. The molecule has 112 valence electrons. The Kier molecular flexibility index (Phi) is 3.50. The van der Waals surface area contributed by atoms with E-state index in [1.165, 1.54) is 28.6 Å². The van der Waals surface area contributed by atoms with Crippen molar-refractivity contribution < 1.29 is 17.3 Å². The molecule has 0 unspecified atom stereocenters. The van der Waals surface area contributed by atoms with E-state index >= 15 is 0 Å². The molecule has 0 aliphatic carbocycles. The molecule has 6 nitrogen and oxygen atoms in total. The summed E-state index contributed by atoms with van der Waals surface area (Å²) in [6.45, 7) is 2.39. The number of hydrogen-bond acceptors (Lipinski definition) is 5. The number of aryl methyl sites for hydroxylation is 1. The van der Waals surface area contributed by atoms with Gasteiger partial charge >= 0.3 is 0 Å². The molecule has 21 heavy (non-hydrogen) atoms. The number of rotatable bonds is 4. The molecular formula is C13H14FN3O3S. The van der Waals surface area contributed by atoms with Crippen LogP contribution in [0.4, 0.5) is 4.39 Å². The van der Waals surface area contributed by atoms with Gasteiger partial charge in [-0.2, -0.15) is 9.29 Å². The standard InChI is InChI=1S/C13H14FN3O3S/c1-9-15-13(20-16-9)11-6-17(7-11)21(18,19)8-10-2-4-12(14)5-3-10/h2-5,11H,6-8H2,1H3. The van der Waals surface area contributed by atoms with Crippen LogP contribution in [0.3, 0.4) is 0 Å². The molecule has 1 saturated heterocycles. The molecule has 1 aliphatic heterocycles. The van der Waals surface area contributed by atoms with E-state index in [1.807, 2.05) is 0 Å². The molecule has 0 bridgehead atoms. The molecule has 0 saturated carbocycles. The molecule has 0 amide bonds. The highest BCUT2D eigenvalue weighted by Crippen LogP contribution is 2.29. The van der Waals surface area contributed by atoms with Crippen LogP contribution < -0.4 is 0 Å². The molecule has 0 radical (unpaired) electrons. The summed E-state index contributed by atoms with van der Waals surface area (Å²) in [5.41, 5.74) is 0.563. The molecule has 0 spiro atoms. The number of halogens is 1. The monoisotopic (exact) mass is 311 g/mol. The first kappa shape index (κ1) is 14.2. The first-order chi connectivity index (χ1) is 9.94. The van der Waals surface area contributed by atoms with Crippen LogP contribution in [-0.2, 0) is 15.8 Å². The highest BCUT2D eigenvalue weighted by molar-refractivity contribution is 7.88. The summed E-state index contributed by atoms with van der Waals surface area (Å²) in [4.78, 5) is 4.10. The van der Waals surface area contributed by atoms with Crippen LogP contribution >= 0.6 is 0 Å². The van der Waals surface area contributed by atoms with E-state index in [-0.39, 0.29) is 17.5 Å². The Bertz CT molecular complexity index is 736. The maximum absolute atomic E-state index is 12.8. The van der Waals surface area contributed by atoms with E-state index in [0.29, 0.717) is 30.4 Å². The first-order valence-corrected chi connectivity index (χ1v) is 8.07. The third kappa shape index (κ3) is 2.96. The van der Waals surface area contributed by atoms with Gasteiger partial charge in [0.05, 0.1) is 11.7 Å². The lowest BCUT2D eigenvalue weighted by Gasteiger charge is -2.35. The number of benzene rings is 1. The van der Waals surface area contributed by atoms with E-state index in [2.05, 4.69) is 10.1 Å². The summed E-state index contributed by atoms with van der Waals surface area (Å²) in [5, 5.41) is 3.69. The summed E-state index contributed by atoms with van der Waals surface area (Å²) in [6, 6.07) is 5.47. The summed E-state index contributed by atoms with van der Waals surface area (Å²) in [6.07, 6.45) is 0. The lowest BCUT2D eigenvalue weighted by Crippen LogP contribution is -2.48. The van der Waals surface area contributed by atoms with E-state index in [0.717, 1.165) is 0 Å². The minimum absolute atomic E-state index is 0.0470. The van der Waals surface area contributed by atoms with Crippen LogP contribution in [0.15, 0.2) is 28.8 Å². The zero-order valence-electron chi connectivity index (χ0n) is 11.4. The van der Waals surface area contributed by atoms with Gasteiger partial charge in [0, 0.05) is 13.1 Å². The highest BCUT2D eigenvalue weighted by Gasteiger charge is 2.39. The molecule has 8 heteroatoms. The lowest BCUT2D eigenvalue weighted by molar-refractivity contribution is 0.216. The van der Waals surface area contributed by atoms with E-state index in [9.17, 15) is 12.8 Å². The Hall–Kier alpha value is -1.80. The molecule has 3 rings (SSSR count). The van der Waals surface area contributed by atoms with Crippen molar-refractivity contribution >= 4 is 10.0 Å². The van der Waals surface area contributed by atoms with Gasteiger partial charge in [0.25, 0.3) is 0 Å². The van der Waals surface area contributed by atoms with Crippen LogP contribution in [0.25, 0.3) is 0 Å². The van der Waals surface area contributed by atoms with Crippen LogP contribution in [0.5, 0.6) is 0 Å². The second-order valence-electron chi connectivity index (χ2n) is 5.08. The SMILES string of the molecule is Cc1noc(C2CN(S(=O)(=O)Cc3ccc(F)cc3)C2)n1. The van der Waals surface area contributed by atoms with Crippen molar-refractivity contribution in [1.29, 1.82) is 0 Å². The number of hydrogen-bond donors (Lipinski definition) is 0. The Morgan fingerprint density at radius 1 is 1.33 bits per heavy atom. The second-order valence-corrected chi connectivity index (χ2v) is 7.05. The first-order valence-electron chi connectivity index (χ1n) is 6.46. The van der Waals surface area contributed by atoms with E-state index in [4.69, 9.17) is 4.52 Å². The van der Waals surface area contributed by atoms with Gasteiger partial charge in [-0.1, -0.05) is 17.3 Å². The smallest absolute Gasteiger partial charge is 0.232 e. The predicted octanol–water partition coefficient (Wildman–Crippen LogP) is 1.45. The van der Waals surface area contributed by atoms with Crippen molar-refractivity contribution in [2.75, 3.05) is 13.1 Å². The second kappa shape index (κ2) is 5.19. The molecule has 0 atom stereocenters. The summed E-state index contributed by atoms with van der Waals surface area (Å²) < 4.78 is 43.7. The van der Waals surface area contributed by atoms with Gasteiger partial charge in [0.1, 0.15) is 5.82 Å². The highest BCUT2D eigenvalue weighted by atomic mass is 32.2. The quantitative estimate of drug-likeness (QED) is 0.854. The fourth-order valence-corrected chi connectivity index (χ4v) is 3.79. The third-order valence-electron chi connectivity index (χ3n) is 3.40. The fourth-order valence-electron chi connectivity index (χ4n) is 2.18. The molecule has 0 N–H and O–H groups in total. The van der Waals surface area contributed by atoms with E-state index < -0.39 is 10.0 Å². The van der Waals surface area contributed by atoms with E-state index in [1.54, 1.807) is 6.92 Å². The number of nitrogens with zero attached hydrogens (tertiary/aromatic N) is 3. The largest absolute Gasteiger partial charge is 0.339 e. The molecular weight excluding hydrogens is 297 g/mol. The van der Waals surface area contributed by atoms with Gasteiger partial charge in [-0.25, -0.2) is 12.8 Å². The lowest BCUT2D eigenvalue weighted by atomic mass is 10.0. The van der Waals surface area contributed by atoms with Gasteiger partial charge in [-0.05, 0) is 24.6 Å². The average Bonchev–Trinajstić information content (AvgIpc) is 2.76. The predicted molar refractivity (Wildman–Crippen MR) is 72.4 cm³/mol. The molecule has 2 heterocycles. The zero-order valence-corrected chi connectivity index (χ0v) is 12.2. The van der Waals surface area contributed by atoms with Crippen molar-refractivity contribution in [2.45, 2.75) is 18.6 Å². The average molecular weight is 311 g/mol. The Morgan fingerprint density at radius 3 is 2.57 bits per heavy atom. The van der Waals surface area contributed by atoms with Gasteiger partial charge in [-0.15, -0.1) is 0 Å². The van der Waals surface area contributed by atoms with Gasteiger partial charge in [-0.3, -0.25) is 0 Å². The van der Waals surface area contributed by atoms with Crippen molar-refractivity contribution in [2.24, 2.45) is 0 Å². The van der Waals surface area contributed by atoms with Crippen LogP contribution in [-0.4, -0.2) is 36.0 Å². The minimum Gasteiger partial charge on any atom is -0.339 e. The topological polar surface area (TPSA) is 76.3 Å². The minimum atomic E-state index is -3.40. The summed E-state index contributed by atoms with van der Waals surface area (Å²) >= 11 is 0. The van der Waals surface area contributed by atoms with Crippen LogP contribution in [0.1, 0.15) is 23.2 Å². The van der Waals surface area contributed by atoms with Gasteiger partial charge in [0.2, 0.25) is 15.9 Å². The third-order valence-corrected chi connectivity index (χ3v) is 5.18. The number of aromatic nitrogens is 2. The zero-order chi connectivity index (χ0) is 15.0. The summed E-state index contributed by atoms with van der Waals surface area (Å²) in [7, 11) is -3.40. The van der Waals surface area contributed by atoms with Crippen molar-refractivity contribution in [3.8, 4) is 0 Å². The van der Waals surface area contributed by atoms with Gasteiger partial charge in [0.15, 0.2) is 5.82 Å². The molecule has 1 aromatic heterocycles. The molecule has 1 fully saturated rings. The Labute approximate surface area is 121 Å². The maximum Gasteiger partial charge on any atom is 0.232 e. The molecule has 1 aromatic carbocycles. The Morgan fingerprint density at radius 2 is 2.00 bits per heavy atom. The summed E-state index contributed by atoms with van der Waals surface area (Å²) in [5.74, 6) is 0.447. The van der Waals surface area contributed by atoms with Crippen molar-refractivity contribution in [3.63, 3.8) is 0 Å². The molecule has 2 aromatic rings. The molecule has 1 aliphatic rings. The number of sulfonamides is 1. The fraction of sp³-hybridized carbons (Fsp3) is 0.385. The van der Waals surface area contributed by atoms with Crippen LogP contribution in [0, 0.1) is 12.7 Å². The van der Waals surface area contributed by atoms with Crippen LogP contribution in [0.2, 0.25) is 0 Å². The van der Waals surface area contributed by atoms with Gasteiger partial charge < -0.3 is 4.52 Å². The van der Waals surface area contributed by atoms with Crippen molar-refractivity contribution in [3.05, 3.63) is 47.4 Å². The van der Waals surface area contributed by atoms with Crippen molar-refractivity contribution in [1.82, 2.24) is 14.4 Å². The maximum atomic E-state index is 12.8.